The van der Waals surface area contributed by atoms with Crippen molar-refractivity contribution in [2.75, 3.05) is 10.2 Å². The molecule has 1 aliphatic heterocycles. The number of pyridine rings is 1. The molecule has 2 aromatic heterocycles. The van der Waals surface area contributed by atoms with Crippen LogP contribution in [0.1, 0.15) is 48.6 Å². The first-order chi connectivity index (χ1) is 18.3. The summed E-state index contributed by atoms with van der Waals surface area (Å²) in [5, 5.41) is 7.46. The number of aryl methyl sites for hydroxylation is 1. The summed E-state index contributed by atoms with van der Waals surface area (Å²) in [6, 6.07) is 23.8. The van der Waals surface area contributed by atoms with Crippen LogP contribution < -0.4 is 15.5 Å². The molecule has 1 fully saturated rings. The van der Waals surface area contributed by atoms with Crippen LogP contribution in [0.4, 0.5) is 11.4 Å². The van der Waals surface area contributed by atoms with Gasteiger partial charge in [0.2, 0.25) is 5.91 Å². The zero-order valence-corrected chi connectivity index (χ0v) is 23.3. The largest absolute Gasteiger partial charge is 0.351 e. The Morgan fingerprint density at radius 1 is 1.03 bits per heavy atom. The molecular formula is C30H30ClN5OS. The number of aromatic nitrogens is 2. The van der Waals surface area contributed by atoms with Crippen LogP contribution >= 0.6 is 23.8 Å². The number of rotatable bonds is 6. The molecule has 1 aliphatic rings. The van der Waals surface area contributed by atoms with Gasteiger partial charge in [-0.2, -0.15) is 0 Å². The van der Waals surface area contributed by atoms with E-state index in [2.05, 4.69) is 57.1 Å². The molecule has 2 atom stereocenters. The van der Waals surface area contributed by atoms with Gasteiger partial charge in [-0.05, 0) is 80.2 Å². The number of hydrogen-bond acceptors (Lipinski definition) is 3. The predicted octanol–water partition coefficient (Wildman–Crippen LogP) is 6.91. The molecule has 38 heavy (non-hydrogen) atoms. The molecule has 0 bridgehead atoms. The van der Waals surface area contributed by atoms with Gasteiger partial charge >= 0.3 is 0 Å². The van der Waals surface area contributed by atoms with E-state index in [0.717, 1.165) is 34.0 Å². The van der Waals surface area contributed by atoms with E-state index in [4.69, 9.17) is 23.8 Å². The third kappa shape index (κ3) is 4.79. The van der Waals surface area contributed by atoms with Crippen LogP contribution in [0, 0.1) is 19.8 Å². The summed E-state index contributed by atoms with van der Waals surface area (Å²) in [6.07, 6.45) is 1.80. The fourth-order valence-corrected chi connectivity index (χ4v) is 5.61. The second-order valence-electron chi connectivity index (χ2n) is 9.80. The number of thiocarbonyl (C=S) groups is 1. The minimum atomic E-state index is -0.174. The first-order valence-corrected chi connectivity index (χ1v) is 13.4. The molecule has 2 aromatic carbocycles. The molecule has 6 nitrogen and oxygen atoms in total. The van der Waals surface area contributed by atoms with Crippen LogP contribution in [0.15, 0.2) is 79.0 Å². The van der Waals surface area contributed by atoms with Crippen LogP contribution in [-0.4, -0.2) is 20.6 Å². The molecule has 3 heterocycles. The molecule has 0 aliphatic carbocycles. The van der Waals surface area contributed by atoms with E-state index in [1.165, 1.54) is 0 Å². The van der Waals surface area contributed by atoms with E-state index < -0.39 is 0 Å². The molecule has 0 radical (unpaired) electrons. The van der Waals surface area contributed by atoms with Crippen molar-refractivity contribution in [2.24, 2.45) is 5.92 Å². The highest BCUT2D eigenvalue weighted by atomic mass is 35.5. The van der Waals surface area contributed by atoms with Gasteiger partial charge in [0.05, 0.1) is 28.5 Å². The molecule has 1 saturated heterocycles. The van der Waals surface area contributed by atoms with Crippen LogP contribution in [0.2, 0.25) is 5.02 Å². The van der Waals surface area contributed by atoms with Crippen LogP contribution in [0.5, 0.6) is 0 Å². The quantitative estimate of drug-likeness (QED) is 0.259. The van der Waals surface area contributed by atoms with Crippen molar-refractivity contribution in [3.05, 3.63) is 107 Å². The predicted molar refractivity (Wildman–Crippen MR) is 158 cm³/mol. The van der Waals surface area contributed by atoms with Crippen molar-refractivity contribution < 1.29 is 4.79 Å². The lowest BCUT2D eigenvalue weighted by molar-refractivity contribution is -0.118. The van der Waals surface area contributed by atoms with Gasteiger partial charge in [-0.1, -0.05) is 49.7 Å². The number of nitrogens with one attached hydrogen (secondary N) is 2. The number of para-hydroxylation sites is 1. The second-order valence-corrected chi connectivity index (χ2v) is 10.6. The van der Waals surface area contributed by atoms with Gasteiger partial charge in [0.1, 0.15) is 0 Å². The number of hydrogen-bond donors (Lipinski definition) is 2. The molecule has 0 spiro atoms. The highest BCUT2D eigenvalue weighted by Crippen LogP contribution is 2.44. The fourth-order valence-electron chi connectivity index (χ4n) is 5.04. The van der Waals surface area contributed by atoms with Crippen molar-refractivity contribution in [2.45, 2.75) is 39.8 Å². The van der Waals surface area contributed by atoms with Crippen LogP contribution in [0.25, 0.3) is 5.69 Å². The van der Waals surface area contributed by atoms with Gasteiger partial charge in [0, 0.05) is 34.9 Å². The molecule has 2 N–H and O–H groups in total. The molecular weight excluding hydrogens is 514 g/mol. The lowest BCUT2D eigenvalue weighted by Crippen LogP contribution is -2.29. The monoisotopic (exact) mass is 543 g/mol. The van der Waals surface area contributed by atoms with Gasteiger partial charge in [-0.15, -0.1) is 0 Å². The third-order valence-corrected chi connectivity index (χ3v) is 7.54. The third-order valence-electron chi connectivity index (χ3n) is 6.91. The second kappa shape index (κ2) is 10.6. The van der Waals surface area contributed by atoms with Gasteiger partial charge < -0.3 is 20.1 Å². The maximum absolute atomic E-state index is 12.3. The number of amides is 1. The Balaban J connectivity index is 1.61. The fraction of sp³-hybridized carbons (Fsp3) is 0.233. The summed E-state index contributed by atoms with van der Waals surface area (Å²) >= 11 is 12.6. The van der Waals surface area contributed by atoms with Crippen molar-refractivity contribution in [3.8, 4) is 5.69 Å². The average molecular weight is 544 g/mol. The van der Waals surface area contributed by atoms with E-state index in [9.17, 15) is 4.79 Å². The minimum absolute atomic E-state index is 0.0838. The first kappa shape index (κ1) is 25.9. The first-order valence-electron chi connectivity index (χ1n) is 12.6. The molecule has 5 rings (SSSR count). The maximum Gasteiger partial charge on any atom is 0.226 e. The summed E-state index contributed by atoms with van der Waals surface area (Å²) in [4.78, 5) is 19.0. The number of carbonyl (C=O) groups is 1. The smallest absolute Gasteiger partial charge is 0.226 e. The molecule has 4 aromatic rings. The maximum atomic E-state index is 12.3. The molecule has 2 unspecified atom stereocenters. The Hall–Kier alpha value is -3.68. The van der Waals surface area contributed by atoms with Crippen molar-refractivity contribution >= 4 is 46.2 Å². The number of benzene rings is 2. The van der Waals surface area contributed by atoms with Crippen molar-refractivity contribution in [3.63, 3.8) is 0 Å². The Morgan fingerprint density at radius 2 is 1.76 bits per heavy atom. The summed E-state index contributed by atoms with van der Waals surface area (Å²) in [6.45, 7) is 7.95. The molecule has 8 heteroatoms. The van der Waals surface area contributed by atoms with Crippen molar-refractivity contribution in [1.82, 2.24) is 14.9 Å². The molecule has 194 valence electrons. The minimum Gasteiger partial charge on any atom is -0.351 e. The summed E-state index contributed by atoms with van der Waals surface area (Å²) < 4.78 is 2.27. The van der Waals surface area contributed by atoms with E-state index >= 15 is 0 Å². The highest BCUT2D eigenvalue weighted by Gasteiger charge is 2.42. The van der Waals surface area contributed by atoms with E-state index in [1.807, 2.05) is 68.4 Å². The van der Waals surface area contributed by atoms with Crippen LogP contribution in [-0.2, 0) is 4.79 Å². The molecule has 0 saturated carbocycles. The Kier molecular flexibility index (Phi) is 7.23. The number of halogens is 1. The van der Waals surface area contributed by atoms with Crippen molar-refractivity contribution in [1.29, 1.82) is 0 Å². The van der Waals surface area contributed by atoms with Gasteiger partial charge in [0.15, 0.2) is 5.11 Å². The van der Waals surface area contributed by atoms with E-state index in [0.29, 0.717) is 15.8 Å². The topological polar surface area (TPSA) is 62.2 Å². The van der Waals surface area contributed by atoms with E-state index in [1.54, 1.807) is 6.20 Å². The lowest BCUT2D eigenvalue weighted by Gasteiger charge is -2.28. The zero-order chi connectivity index (χ0) is 27.0. The summed E-state index contributed by atoms with van der Waals surface area (Å²) in [5.74, 6) is -0.232. The lowest BCUT2D eigenvalue weighted by atomic mass is 9.96. The number of carbonyl (C=O) groups excluding carboxylic acids is 1. The number of nitrogens with zero attached hydrogens (tertiary/aromatic N) is 3. The van der Waals surface area contributed by atoms with Gasteiger partial charge in [-0.3, -0.25) is 9.78 Å². The normalized spacial score (nSPS) is 17.1. The summed E-state index contributed by atoms with van der Waals surface area (Å²) in [7, 11) is 0. The van der Waals surface area contributed by atoms with Gasteiger partial charge in [-0.25, -0.2) is 0 Å². The molecule has 1 amide bonds. The Labute approximate surface area is 233 Å². The standard InChI is InChI=1S/C30H30ClN5OS/c1-18(2)29(37)33-25-14-13-22(17-24(25)31)36-28(27(34-30(36)38)26-12-8-9-15-32-26)23-16-19(3)35(20(23)4)21-10-6-5-7-11-21/h5-18,27-28H,1-4H3,(H,33,37)(H,34,38). The summed E-state index contributed by atoms with van der Waals surface area (Å²) in [5.41, 5.74) is 6.82. The van der Waals surface area contributed by atoms with Crippen LogP contribution in [0.3, 0.4) is 0 Å². The van der Waals surface area contributed by atoms with Gasteiger partial charge in [0.25, 0.3) is 0 Å². The van der Waals surface area contributed by atoms with E-state index in [-0.39, 0.29) is 23.9 Å². The number of anilines is 2. The highest BCUT2D eigenvalue weighted by molar-refractivity contribution is 7.80. The Morgan fingerprint density at radius 3 is 2.42 bits per heavy atom. The zero-order valence-electron chi connectivity index (χ0n) is 21.8. The Bertz CT molecular complexity index is 1490. The average Bonchev–Trinajstić information content (AvgIpc) is 3.41. The SMILES string of the molecule is Cc1cc(C2C(c3ccccn3)NC(=S)N2c2ccc(NC(=O)C(C)C)c(Cl)c2)c(C)n1-c1ccccc1.